The van der Waals surface area contributed by atoms with Gasteiger partial charge in [-0.2, -0.15) is 0 Å². The first-order valence-corrected chi connectivity index (χ1v) is 5.39. The molecule has 0 fully saturated rings. The second-order valence-corrected chi connectivity index (χ2v) is 3.77. The fraction of sp³-hybridized carbons (Fsp3) is 0.0769. The average Bonchev–Trinajstić information content (AvgIpc) is 2.31. The summed E-state index contributed by atoms with van der Waals surface area (Å²) < 4.78 is 0. The average molecular weight is 234 g/mol. The zero-order valence-corrected chi connectivity index (χ0v) is 9.35. The van der Waals surface area contributed by atoms with Crippen LogP contribution in [0.3, 0.4) is 0 Å². The number of phenols is 1. The molecule has 0 bridgehead atoms. The first kappa shape index (κ1) is 11.0. The predicted octanol–water partition coefficient (Wildman–Crippen LogP) is 3.23. The van der Waals surface area contributed by atoms with Crippen molar-refractivity contribution < 1.29 is 5.11 Å². The van der Waals surface area contributed by atoms with Crippen LogP contribution in [0, 0.1) is 0 Å². The van der Waals surface area contributed by atoms with Crippen LogP contribution in [0.2, 0.25) is 0 Å². The number of nitrogens with one attached hydrogen (secondary N) is 1. The molecule has 82 valence electrons. The molecule has 0 aliphatic heterocycles. The van der Waals surface area contributed by atoms with Gasteiger partial charge in [0.25, 0.3) is 0 Å². The van der Waals surface area contributed by atoms with Crippen LogP contribution in [0.1, 0.15) is 17.2 Å². The van der Waals surface area contributed by atoms with E-state index in [1.807, 2.05) is 36.4 Å². The molecule has 0 saturated carbocycles. The van der Waals surface area contributed by atoms with Gasteiger partial charge < -0.3 is 5.11 Å². The summed E-state index contributed by atoms with van der Waals surface area (Å²) in [7, 11) is 0. The Hall–Kier alpha value is -1.51. The SMILES string of the molecule is Oc1cccc(C(NCl)c2ccccc2)c1. The van der Waals surface area contributed by atoms with Crippen molar-refractivity contribution in [1.82, 2.24) is 4.84 Å². The molecule has 1 unspecified atom stereocenters. The molecule has 0 spiro atoms. The maximum Gasteiger partial charge on any atom is 0.115 e. The van der Waals surface area contributed by atoms with Crippen molar-refractivity contribution in [3.05, 3.63) is 65.7 Å². The lowest BCUT2D eigenvalue weighted by Crippen LogP contribution is -2.12. The Balaban J connectivity index is 2.37. The van der Waals surface area contributed by atoms with Crippen LogP contribution in [0.4, 0.5) is 0 Å². The van der Waals surface area contributed by atoms with E-state index in [0.717, 1.165) is 11.1 Å². The first-order valence-electron chi connectivity index (χ1n) is 5.01. The van der Waals surface area contributed by atoms with Gasteiger partial charge in [0, 0.05) is 0 Å². The summed E-state index contributed by atoms with van der Waals surface area (Å²) >= 11 is 5.76. The zero-order chi connectivity index (χ0) is 11.4. The molecule has 2 N–H and O–H groups in total. The topological polar surface area (TPSA) is 32.3 Å². The maximum absolute atomic E-state index is 9.43. The van der Waals surface area contributed by atoms with Crippen molar-refractivity contribution in [1.29, 1.82) is 0 Å². The molecule has 16 heavy (non-hydrogen) atoms. The van der Waals surface area contributed by atoms with Crippen LogP contribution in [0.15, 0.2) is 54.6 Å². The number of hydrogen-bond donors (Lipinski definition) is 2. The first-order chi connectivity index (χ1) is 7.81. The number of aromatic hydroxyl groups is 1. The summed E-state index contributed by atoms with van der Waals surface area (Å²) in [4.78, 5) is 2.72. The maximum atomic E-state index is 9.43. The van der Waals surface area contributed by atoms with Gasteiger partial charge in [0.15, 0.2) is 0 Å². The van der Waals surface area contributed by atoms with Crippen molar-refractivity contribution >= 4 is 11.8 Å². The molecule has 2 aromatic rings. The van der Waals surface area contributed by atoms with Crippen LogP contribution in [-0.2, 0) is 0 Å². The van der Waals surface area contributed by atoms with E-state index in [9.17, 15) is 5.11 Å². The van der Waals surface area contributed by atoms with Crippen LogP contribution in [0.25, 0.3) is 0 Å². The monoisotopic (exact) mass is 233 g/mol. The Kier molecular flexibility index (Phi) is 3.44. The standard InChI is InChI=1S/C13H12ClNO/c14-15-13(10-5-2-1-3-6-10)11-7-4-8-12(16)9-11/h1-9,13,15-16H. The van der Waals surface area contributed by atoms with E-state index < -0.39 is 0 Å². The van der Waals surface area contributed by atoms with Crippen LogP contribution in [-0.4, -0.2) is 5.11 Å². The third kappa shape index (κ3) is 2.35. The number of phenolic OH excluding ortho intramolecular Hbond substituents is 1. The van der Waals surface area contributed by atoms with Crippen molar-refractivity contribution in [2.24, 2.45) is 0 Å². The molecule has 0 radical (unpaired) electrons. The van der Waals surface area contributed by atoms with Gasteiger partial charge in [0.2, 0.25) is 0 Å². The van der Waals surface area contributed by atoms with E-state index >= 15 is 0 Å². The van der Waals surface area contributed by atoms with Gasteiger partial charge in [-0.05, 0) is 35.0 Å². The molecule has 0 aliphatic carbocycles. The fourth-order valence-corrected chi connectivity index (χ4v) is 1.92. The summed E-state index contributed by atoms with van der Waals surface area (Å²) in [6.45, 7) is 0. The van der Waals surface area contributed by atoms with Crippen LogP contribution >= 0.6 is 11.8 Å². The van der Waals surface area contributed by atoms with Crippen LogP contribution in [0.5, 0.6) is 5.75 Å². The largest absolute Gasteiger partial charge is 0.508 e. The summed E-state index contributed by atoms with van der Waals surface area (Å²) in [6.07, 6.45) is 0. The Morgan fingerprint density at radius 3 is 2.25 bits per heavy atom. The van der Waals surface area contributed by atoms with E-state index in [1.54, 1.807) is 18.2 Å². The molecule has 0 aliphatic rings. The quantitative estimate of drug-likeness (QED) is 0.798. The third-order valence-corrected chi connectivity index (χ3v) is 2.66. The highest BCUT2D eigenvalue weighted by Gasteiger charge is 2.12. The molecule has 2 rings (SSSR count). The summed E-state index contributed by atoms with van der Waals surface area (Å²) in [5.74, 6) is 0.241. The van der Waals surface area contributed by atoms with E-state index in [0.29, 0.717) is 0 Å². The van der Waals surface area contributed by atoms with Gasteiger partial charge in [-0.1, -0.05) is 42.5 Å². The Morgan fingerprint density at radius 1 is 0.938 bits per heavy atom. The number of benzene rings is 2. The molecule has 0 aromatic heterocycles. The molecule has 2 aromatic carbocycles. The molecule has 3 heteroatoms. The van der Waals surface area contributed by atoms with Gasteiger partial charge in [-0.3, -0.25) is 0 Å². The molecule has 2 nitrogen and oxygen atoms in total. The van der Waals surface area contributed by atoms with Gasteiger partial charge >= 0.3 is 0 Å². The second kappa shape index (κ2) is 5.01. The summed E-state index contributed by atoms with van der Waals surface area (Å²) in [6, 6.07) is 16.8. The Bertz CT molecular complexity index is 458. The smallest absolute Gasteiger partial charge is 0.115 e. The highest BCUT2D eigenvalue weighted by molar-refractivity contribution is 6.13. The molecule has 0 saturated heterocycles. The Labute approximate surface area is 99.6 Å². The van der Waals surface area contributed by atoms with E-state index in [1.165, 1.54) is 0 Å². The lowest BCUT2D eigenvalue weighted by molar-refractivity contribution is 0.474. The number of rotatable bonds is 3. The third-order valence-electron chi connectivity index (χ3n) is 2.45. The van der Waals surface area contributed by atoms with Gasteiger partial charge in [-0.25, -0.2) is 4.84 Å². The van der Waals surface area contributed by atoms with Crippen LogP contribution < -0.4 is 4.84 Å². The normalized spacial score (nSPS) is 12.3. The summed E-state index contributed by atoms with van der Waals surface area (Å²) in [5, 5.41) is 9.43. The molecule has 1 atom stereocenters. The second-order valence-electron chi connectivity index (χ2n) is 3.55. The highest BCUT2D eigenvalue weighted by atomic mass is 35.5. The van der Waals surface area contributed by atoms with Gasteiger partial charge in [-0.15, -0.1) is 0 Å². The lowest BCUT2D eigenvalue weighted by Gasteiger charge is -2.15. The van der Waals surface area contributed by atoms with E-state index in [4.69, 9.17) is 11.8 Å². The minimum Gasteiger partial charge on any atom is -0.508 e. The Morgan fingerprint density at radius 2 is 1.62 bits per heavy atom. The number of hydrogen-bond acceptors (Lipinski definition) is 2. The van der Waals surface area contributed by atoms with Crippen molar-refractivity contribution in [3.63, 3.8) is 0 Å². The van der Waals surface area contributed by atoms with Gasteiger partial charge in [0.1, 0.15) is 5.75 Å². The van der Waals surface area contributed by atoms with Gasteiger partial charge in [0.05, 0.1) is 6.04 Å². The fourth-order valence-electron chi connectivity index (χ4n) is 1.67. The minimum atomic E-state index is -0.116. The van der Waals surface area contributed by atoms with Crippen molar-refractivity contribution in [3.8, 4) is 5.75 Å². The molecule has 0 amide bonds. The molecular weight excluding hydrogens is 222 g/mol. The molecule has 0 heterocycles. The minimum absolute atomic E-state index is 0.116. The number of halogens is 1. The molecular formula is C13H12ClNO. The van der Waals surface area contributed by atoms with E-state index in [-0.39, 0.29) is 11.8 Å². The van der Waals surface area contributed by atoms with Crippen molar-refractivity contribution in [2.75, 3.05) is 0 Å². The lowest BCUT2D eigenvalue weighted by atomic mass is 10.00. The predicted molar refractivity (Wildman–Crippen MR) is 65.4 cm³/mol. The van der Waals surface area contributed by atoms with E-state index in [2.05, 4.69) is 4.84 Å². The highest BCUT2D eigenvalue weighted by Crippen LogP contribution is 2.24. The zero-order valence-electron chi connectivity index (χ0n) is 8.60. The summed E-state index contributed by atoms with van der Waals surface area (Å²) in [5.41, 5.74) is 1.99. The van der Waals surface area contributed by atoms with Crippen molar-refractivity contribution in [2.45, 2.75) is 6.04 Å².